The van der Waals surface area contributed by atoms with Crippen LogP contribution >= 0.6 is 23.2 Å². The second-order valence-electron chi connectivity index (χ2n) is 5.12. The summed E-state index contributed by atoms with van der Waals surface area (Å²) in [4.78, 5) is 8.79. The third kappa shape index (κ3) is 3.84. The molecule has 1 aliphatic carbocycles. The molecule has 1 aromatic heterocycles. The van der Waals surface area contributed by atoms with Crippen LogP contribution < -0.4 is 5.32 Å². The van der Waals surface area contributed by atoms with Crippen molar-refractivity contribution in [3.05, 3.63) is 51.9 Å². The van der Waals surface area contributed by atoms with Crippen molar-refractivity contribution >= 4 is 29.0 Å². The average Bonchev–Trinajstić information content (AvgIpc) is 3.20. The first-order valence-electron chi connectivity index (χ1n) is 6.71. The van der Waals surface area contributed by atoms with Gasteiger partial charge in [-0.25, -0.2) is 9.97 Å². The Hall–Kier alpha value is -1.32. The quantitative estimate of drug-likeness (QED) is 0.835. The van der Waals surface area contributed by atoms with Crippen molar-refractivity contribution in [3.8, 4) is 0 Å². The van der Waals surface area contributed by atoms with Crippen LogP contribution in [0.2, 0.25) is 10.2 Å². The van der Waals surface area contributed by atoms with Gasteiger partial charge in [-0.15, -0.1) is 0 Å². The summed E-state index contributed by atoms with van der Waals surface area (Å²) >= 11 is 12.0. The summed E-state index contributed by atoms with van der Waals surface area (Å²) < 4.78 is 0. The first-order valence-corrected chi connectivity index (χ1v) is 7.46. The van der Waals surface area contributed by atoms with E-state index in [9.17, 15) is 0 Å². The zero-order chi connectivity index (χ0) is 13.9. The van der Waals surface area contributed by atoms with Gasteiger partial charge in [0.2, 0.25) is 0 Å². The summed E-state index contributed by atoms with van der Waals surface area (Å²) in [6, 6.07) is 9.50. The number of anilines is 1. The number of rotatable bonds is 5. The standard InChI is InChI=1S/C15H15Cl2N3/c16-12-3-1-2-11(6-12)9-18-14-8-13(17)19-15(20-14)7-10-4-5-10/h1-3,6,8,10H,4-5,7,9H2,(H,18,19,20). The maximum atomic E-state index is 6.05. The molecule has 0 atom stereocenters. The van der Waals surface area contributed by atoms with E-state index in [0.29, 0.717) is 11.7 Å². The Bertz CT molecular complexity index is 612. The summed E-state index contributed by atoms with van der Waals surface area (Å²) in [7, 11) is 0. The third-order valence-electron chi connectivity index (χ3n) is 3.27. The molecule has 0 unspecified atom stereocenters. The molecule has 20 heavy (non-hydrogen) atoms. The number of nitrogens with zero attached hydrogens (tertiary/aromatic N) is 2. The molecule has 0 saturated heterocycles. The number of hydrogen-bond acceptors (Lipinski definition) is 3. The van der Waals surface area contributed by atoms with Crippen LogP contribution in [-0.4, -0.2) is 9.97 Å². The van der Waals surface area contributed by atoms with Gasteiger partial charge in [-0.3, -0.25) is 0 Å². The zero-order valence-electron chi connectivity index (χ0n) is 10.9. The lowest BCUT2D eigenvalue weighted by Crippen LogP contribution is -2.05. The predicted molar refractivity (Wildman–Crippen MR) is 82.2 cm³/mol. The van der Waals surface area contributed by atoms with E-state index in [1.54, 1.807) is 6.07 Å². The topological polar surface area (TPSA) is 37.8 Å². The van der Waals surface area contributed by atoms with Crippen LogP contribution in [0.1, 0.15) is 24.2 Å². The van der Waals surface area contributed by atoms with Gasteiger partial charge in [0.15, 0.2) is 0 Å². The first-order chi connectivity index (χ1) is 9.69. The summed E-state index contributed by atoms with van der Waals surface area (Å²) in [6.45, 7) is 0.663. The summed E-state index contributed by atoms with van der Waals surface area (Å²) in [5.74, 6) is 2.34. The Labute approximate surface area is 128 Å². The minimum atomic E-state index is 0.490. The minimum Gasteiger partial charge on any atom is -0.366 e. The van der Waals surface area contributed by atoms with Gasteiger partial charge >= 0.3 is 0 Å². The molecule has 2 aromatic rings. The van der Waals surface area contributed by atoms with Crippen molar-refractivity contribution in [1.82, 2.24) is 9.97 Å². The maximum Gasteiger partial charge on any atom is 0.134 e. The van der Waals surface area contributed by atoms with Gasteiger partial charge in [-0.1, -0.05) is 35.3 Å². The second kappa shape index (κ2) is 5.98. The number of nitrogens with one attached hydrogen (secondary N) is 1. The van der Waals surface area contributed by atoms with Crippen molar-refractivity contribution in [2.24, 2.45) is 5.92 Å². The fraction of sp³-hybridized carbons (Fsp3) is 0.333. The van der Waals surface area contributed by atoms with Crippen LogP contribution in [0.5, 0.6) is 0 Å². The Kier molecular flexibility index (Phi) is 4.08. The minimum absolute atomic E-state index is 0.490. The number of aromatic nitrogens is 2. The van der Waals surface area contributed by atoms with Crippen LogP contribution in [0.15, 0.2) is 30.3 Å². The number of benzene rings is 1. The largest absolute Gasteiger partial charge is 0.366 e. The molecule has 0 spiro atoms. The fourth-order valence-electron chi connectivity index (χ4n) is 2.07. The summed E-state index contributed by atoms with van der Waals surface area (Å²) in [6.07, 6.45) is 3.48. The molecule has 1 aromatic carbocycles. The predicted octanol–water partition coefficient (Wildman–Crippen LogP) is 4.35. The molecular formula is C15H15Cl2N3. The van der Waals surface area contributed by atoms with Gasteiger partial charge in [-0.2, -0.15) is 0 Å². The molecule has 0 amide bonds. The summed E-state index contributed by atoms with van der Waals surface area (Å²) in [5.41, 5.74) is 1.11. The molecule has 1 aliphatic rings. The highest BCUT2D eigenvalue weighted by atomic mass is 35.5. The SMILES string of the molecule is Clc1cccc(CNc2cc(Cl)nc(CC3CC3)n2)c1. The maximum absolute atomic E-state index is 6.05. The fourth-order valence-corrected chi connectivity index (χ4v) is 2.48. The third-order valence-corrected chi connectivity index (χ3v) is 3.70. The van der Waals surface area contributed by atoms with Crippen molar-refractivity contribution < 1.29 is 0 Å². The van der Waals surface area contributed by atoms with E-state index in [1.807, 2.05) is 24.3 Å². The Morgan fingerprint density at radius 2 is 2.00 bits per heavy atom. The van der Waals surface area contributed by atoms with Crippen LogP contribution in [0, 0.1) is 5.92 Å². The van der Waals surface area contributed by atoms with E-state index in [2.05, 4.69) is 15.3 Å². The van der Waals surface area contributed by atoms with Gasteiger partial charge in [0.1, 0.15) is 16.8 Å². The molecule has 1 N–H and O–H groups in total. The monoisotopic (exact) mass is 307 g/mol. The average molecular weight is 308 g/mol. The van der Waals surface area contributed by atoms with E-state index in [0.717, 1.165) is 34.6 Å². The lowest BCUT2D eigenvalue weighted by atomic mass is 10.2. The molecule has 104 valence electrons. The van der Waals surface area contributed by atoms with Crippen molar-refractivity contribution in [2.45, 2.75) is 25.8 Å². The molecule has 5 heteroatoms. The second-order valence-corrected chi connectivity index (χ2v) is 5.95. The molecule has 1 fully saturated rings. The van der Waals surface area contributed by atoms with Crippen molar-refractivity contribution in [3.63, 3.8) is 0 Å². The summed E-state index contributed by atoms with van der Waals surface area (Å²) in [5, 5.41) is 4.49. The molecule has 0 radical (unpaired) electrons. The van der Waals surface area contributed by atoms with E-state index in [4.69, 9.17) is 23.2 Å². The van der Waals surface area contributed by atoms with Crippen LogP contribution in [-0.2, 0) is 13.0 Å². The normalized spacial score (nSPS) is 14.3. The highest BCUT2D eigenvalue weighted by Gasteiger charge is 2.23. The van der Waals surface area contributed by atoms with E-state index in [1.165, 1.54) is 12.8 Å². The van der Waals surface area contributed by atoms with Crippen LogP contribution in [0.3, 0.4) is 0 Å². The molecule has 3 nitrogen and oxygen atoms in total. The van der Waals surface area contributed by atoms with E-state index in [-0.39, 0.29) is 0 Å². The van der Waals surface area contributed by atoms with Gasteiger partial charge < -0.3 is 5.32 Å². The van der Waals surface area contributed by atoms with Gasteiger partial charge in [0.25, 0.3) is 0 Å². The lowest BCUT2D eigenvalue weighted by molar-refractivity contribution is 0.770. The molecule has 1 heterocycles. The molecule has 3 rings (SSSR count). The van der Waals surface area contributed by atoms with E-state index >= 15 is 0 Å². The highest BCUT2D eigenvalue weighted by Crippen LogP contribution is 2.32. The lowest BCUT2D eigenvalue weighted by Gasteiger charge is -2.08. The van der Waals surface area contributed by atoms with Gasteiger partial charge in [0, 0.05) is 24.1 Å². The number of hydrogen-bond donors (Lipinski definition) is 1. The Morgan fingerprint density at radius 1 is 1.15 bits per heavy atom. The highest BCUT2D eigenvalue weighted by molar-refractivity contribution is 6.30. The van der Waals surface area contributed by atoms with E-state index < -0.39 is 0 Å². The molecule has 0 aliphatic heterocycles. The van der Waals surface area contributed by atoms with Crippen molar-refractivity contribution in [2.75, 3.05) is 5.32 Å². The Balaban J connectivity index is 1.68. The molecule has 0 bridgehead atoms. The molecule has 1 saturated carbocycles. The van der Waals surface area contributed by atoms with Crippen LogP contribution in [0.25, 0.3) is 0 Å². The number of halogens is 2. The van der Waals surface area contributed by atoms with Gasteiger partial charge in [0.05, 0.1) is 0 Å². The molecular weight excluding hydrogens is 293 g/mol. The first kappa shape index (κ1) is 13.7. The van der Waals surface area contributed by atoms with Crippen LogP contribution in [0.4, 0.5) is 5.82 Å². The van der Waals surface area contributed by atoms with Gasteiger partial charge in [-0.05, 0) is 36.5 Å². The smallest absolute Gasteiger partial charge is 0.134 e. The van der Waals surface area contributed by atoms with Crippen molar-refractivity contribution in [1.29, 1.82) is 0 Å². The Morgan fingerprint density at radius 3 is 2.75 bits per heavy atom. The zero-order valence-corrected chi connectivity index (χ0v) is 12.5.